The lowest BCUT2D eigenvalue weighted by Crippen LogP contribution is -1.86. The molecule has 1 atom stereocenters. The molecule has 1 rings (SSSR count). The van der Waals surface area contributed by atoms with Crippen molar-refractivity contribution in [1.82, 2.24) is 0 Å². The largest absolute Gasteiger partial charge is 0.379 e. The van der Waals surface area contributed by atoms with Crippen LogP contribution in [0.2, 0.25) is 0 Å². The Balaban J connectivity index is 2.38. The molecule has 0 radical (unpaired) electrons. The predicted octanol–water partition coefficient (Wildman–Crippen LogP) is 0.608. The Kier molecular flexibility index (Phi) is 1.17. The van der Waals surface area contributed by atoms with E-state index in [1.54, 1.807) is 17.8 Å². The lowest BCUT2D eigenvalue weighted by Gasteiger charge is -1.89. The molecule has 0 saturated heterocycles. The van der Waals surface area contributed by atoms with E-state index >= 15 is 0 Å². The second-order valence-corrected chi connectivity index (χ2v) is 2.30. The summed E-state index contributed by atoms with van der Waals surface area (Å²) in [5.41, 5.74) is -0.218. The lowest BCUT2D eigenvalue weighted by atomic mass is 10.6. The van der Waals surface area contributed by atoms with Crippen LogP contribution in [-0.4, -0.2) is 16.3 Å². The van der Waals surface area contributed by atoms with Crippen LogP contribution in [0, 0.1) is 0 Å². The molecule has 2 heteroatoms. The van der Waals surface area contributed by atoms with Crippen LogP contribution in [0.3, 0.4) is 0 Å². The molecular weight excluding hydrogens is 96.1 g/mol. The molecular formula is C4H6OS. The van der Waals surface area contributed by atoms with E-state index in [-0.39, 0.29) is 5.44 Å². The summed E-state index contributed by atoms with van der Waals surface area (Å²) in [6, 6.07) is 0. The monoisotopic (exact) mass is 102 g/mol. The first-order valence-corrected chi connectivity index (χ1v) is 2.91. The van der Waals surface area contributed by atoms with Gasteiger partial charge >= 0.3 is 0 Å². The molecule has 0 saturated carbocycles. The van der Waals surface area contributed by atoms with Gasteiger partial charge in [0.2, 0.25) is 0 Å². The van der Waals surface area contributed by atoms with E-state index < -0.39 is 0 Å². The van der Waals surface area contributed by atoms with Crippen LogP contribution in [0.1, 0.15) is 0 Å². The van der Waals surface area contributed by atoms with Crippen molar-refractivity contribution in [2.24, 2.45) is 0 Å². The van der Waals surface area contributed by atoms with Gasteiger partial charge in [0.05, 0.1) is 0 Å². The van der Waals surface area contributed by atoms with E-state index in [4.69, 9.17) is 5.11 Å². The molecule has 1 unspecified atom stereocenters. The molecule has 34 valence electrons. The molecule has 1 N–H and O–H groups in total. The maximum atomic E-state index is 8.61. The van der Waals surface area contributed by atoms with Gasteiger partial charge in [-0.2, -0.15) is 0 Å². The summed E-state index contributed by atoms with van der Waals surface area (Å²) in [4.78, 5) is 0. The van der Waals surface area contributed by atoms with E-state index in [2.05, 4.69) is 0 Å². The van der Waals surface area contributed by atoms with Gasteiger partial charge in [0.25, 0.3) is 0 Å². The highest BCUT2D eigenvalue weighted by atomic mass is 32.2. The van der Waals surface area contributed by atoms with E-state index in [0.717, 1.165) is 5.75 Å². The van der Waals surface area contributed by atoms with Crippen LogP contribution < -0.4 is 0 Å². The summed E-state index contributed by atoms with van der Waals surface area (Å²) in [5.74, 6) is 0.973. The standard InChI is InChI=1S/C4H6OS/c5-4-2-1-3-6-4/h1-2,4-5H,3H2. The van der Waals surface area contributed by atoms with E-state index in [1.165, 1.54) is 0 Å². The van der Waals surface area contributed by atoms with Gasteiger partial charge in [-0.3, -0.25) is 0 Å². The summed E-state index contributed by atoms with van der Waals surface area (Å²) in [5, 5.41) is 8.61. The topological polar surface area (TPSA) is 20.2 Å². The Bertz CT molecular complexity index is 69.9. The molecule has 0 aromatic rings. The van der Waals surface area contributed by atoms with Crippen molar-refractivity contribution in [3.05, 3.63) is 12.2 Å². The summed E-state index contributed by atoms with van der Waals surface area (Å²) in [7, 11) is 0. The zero-order valence-electron chi connectivity index (χ0n) is 3.29. The minimum Gasteiger partial charge on any atom is -0.379 e. The fraction of sp³-hybridized carbons (Fsp3) is 0.500. The van der Waals surface area contributed by atoms with Crippen molar-refractivity contribution >= 4 is 11.8 Å². The van der Waals surface area contributed by atoms with Crippen LogP contribution >= 0.6 is 11.8 Å². The molecule has 6 heavy (non-hydrogen) atoms. The molecule has 0 spiro atoms. The Hall–Kier alpha value is 0.0500. The third-order valence-electron chi connectivity index (χ3n) is 0.664. The van der Waals surface area contributed by atoms with Crippen molar-refractivity contribution in [2.45, 2.75) is 5.44 Å². The SMILES string of the molecule is OC1C=CCS1. The van der Waals surface area contributed by atoms with Crippen molar-refractivity contribution in [3.63, 3.8) is 0 Å². The summed E-state index contributed by atoms with van der Waals surface area (Å²) in [6.45, 7) is 0. The highest BCUT2D eigenvalue weighted by Gasteiger charge is 2.01. The molecule has 0 fully saturated rings. The van der Waals surface area contributed by atoms with Gasteiger partial charge in [0.15, 0.2) is 0 Å². The van der Waals surface area contributed by atoms with Crippen LogP contribution in [0.15, 0.2) is 12.2 Å². The molecule has 1 nitrogen and oxygen atoms in total. The van der Waals surface area contributed by atoms with Gasteiger partial charge in [0.1, 0.15) is 5.44 Å². The second-order valence-electron chi connectivity index (χ2n) is 1.15. The number of rotatable bonds is 0. The average molecular weight is 102 g/mol. The maximum absolute atomic E-state index is 8.61. The highest BCUT2D eigenvalue weighted by Crippen LogP contribution is 2.15. The number of thioether (sulfide) groups is 1. The van der Waals surface area contributed by atoms with Gasteiger partial charge in [0, 0.05) is 5.75 Å². The van der Waals surface area contributed by atoms with E-state index in [1.807, 2.05) is 6.08 Å². The Morgan fingerprint density at radius 3 is 2.83 bits per heavy atom. The normalized spacial score (nSPS) is 31.8. The van der Waals surface area contributed by atoms with Crippen molar-refractivity contribution in [3.8, 4) is 0 Å². The van der Waals surface area contributed by atoms with Gasteiger partial charge in [-0.1, -0.05) is 6.08 Å². The summed E-state index contributed by atoms with van der Waals surface area (Å²) >= 11 is 1.54. The van der Waals surface area contributed by atoms with Crippen LogP contribution in [0.4, 0.5) is 0 Å². The Morgan fingerprint density at radius 1 is 1.83 bits per heavy atom. The molecule has 0 aromatic heterocycles. The van der Waals surface area contributed by atoms with Crippen molar-refractivity contribution in [1.29, 1.82) is 0 Å². The van der Waals surface area contributed by atoms with E-state index in [9.17, 15) is 0 Å². The molecule has 1 aliphatic rings. The molecule has 1 aliphatic heterocycles. The zero-order chi connectivity index (χ0) is 4.41. The second kappa shape index (κ2) is 1.67. The van der Waals surface area contributed by atoms with Crippen molar-refractivity contribution < 1.29 is 5.11 Å². The first kappa shape index (κ1) is 4.22. The third kappa shape index (κ3) is 0.758. The zero-order valence-corrected chi connectivity index (χ0v) is 4.11. The number of aliphatic hydroxyl groups excluding tert-OH is 1. The highest BCUT2D eigenvalue weighted by molar-refractivity contribution is 8.00. The number of aliphatic hydroxyl groups is 1. The molecule has 0 bridgehead atoms. The predicted molar refractivity (Wildman–Crippen MR) is 27.6 cm³/mol. The van der Waals surface area contributed by atoms with Crippen LogP contribution in [0.5, 0.6) is 0 Å². The maximum Gasteiger partial charge on any atom is 0.118 e. The average Bonchev–Trinajstić information content (AvgIpc) is 1.86. The van der Waals surface area contributed by atoms with Crippen molar-refractivity contribution in [2.75, 3.05) is 5.75 Å². The smallest absolute Gasteiger partial charge is 0.118 e. The number of hydrogen-bond donors (Lipinski definition) is 1. The van der Waals surface area contributed by atoms with E-state index in [0.29, 0.717) is 0 Å². The first-order chi connectivity index (χ1) is 2.89. The van der Waals surface area contributed by atoms with Crippen LogP contribution in [0.25, 0.3) is 0 Å². The summed E-state index contributed by atoms with van der Waals surface area (Å²) in [6.07, 6.45) is 3.76. The number of hydrogen-bond acceptors (Lipinski definition) is 2. The fourth-order valence-electron chi connectivity index (χ4n) is 0.382. The molecule has 0 aromatic carbocycles. The lowest BCUT2D eigenvalue weighted by molar-refractivity contribution is 0.312. The Labute approximate surface area is 41.1 Å². The fourth-order valence-corrected chi connectivity index (χ4v) is 1.02. The minimum atomic E-state index is -0.218. The first-order valence-electron chi connectivity index (χ1n) is 1.86. The van der Waals surface area contributed by atoms with Crippen LogP contribution in [-0.2, 0) is 0 Å². The molecule has 1 heterocycles. The van der Waals surface area contributed by atoms with Gasteiger partial charge < -0.3 is 5.11 Å². The summed E-state index contributed by atoms with van der Waals surface area (Å²) < 4.78 is 0. The Morgan fingerprint density at radius 2 is 2.67 bits per heavy atom. The molecule has 0 aliphatic carbocycles. The molecule has 0 amide bonds. The minimum absolute atomic E-state index is 0.218. The van der Waals surface area contributed by atoms with Gasteiger partial charge in [-0.15, -0.1) is 11.8 Å². The van der Waals surface area contributed by atoms with Gasteiger partial charge in [-0.05, 0) is 6.08 Å². The quantitative estimate of drug-likeness (QED) is 0.452. The van der Waals surface area contributed by atoms with Gasteiger partial charge in [-0.25, -0.2) is 0 Å². The third-order valence-corrected chi connectivity index (χ3v) is 1.55.